The number of nitrogens with two attached hydrogens (primary N) is 1. The fourth-order valence-corrected chi connectivity index (χ4v) is 3.40. The molecule has 0 bridgehead atoms. The molecule has 1 rings (SSSR count). The maximum atomic E-state index is 11.9. The summed E-state index contributed by atoms with van der Waals surface area (Å²) in [6.07, 6.45) is 1.38. The van der Waals surface area contributed by atoms with Crippen LogP contribution in [0.2, 0.25) is 0 Å². The average molecular weight is 280 g/mol. The molecule has 0 radical (unpaired) electrons. The molecule has 17 heavy (non-hydrogen) atoms. The maximum absolute atomic E-state index is 11.9. The standard InChI is InChI=1S/C10H20N2O3S2/c1-10(9(11)16)3-5-12(6-4-10)17(13,14)8-7-15-2/h3-8H2,1-2H3,(H2,11,16). The molecule has 100 valence electrons. The summed E-state index contributed by atoms with van der Waals surface area (Å²) in [6.45, 7) is 3.19. The van der Waals surface area contributed by atoms with Crippen molar-refractivity contribution in [1.82, 2.24) is 4.31 Å². The van der Waals surface area contributed by atoms with Gasteiger partial charge in [-0.1, -0.05) is 19.1 Å². The fourth-order valence-electron chi connectivity index (χ4n) is 1.82. The van der Waals surface area contributed by atoms with Gasteiger partial charge in [-0.3, -0.25) is 0 Å². The first-order valence-corrected chi connectivity index (χ1v) is 7.60. The van der Waals surface area contributed by atoms with E-state index in [4.69, 9.17) is 22.7 Å². The molecule has 0 atom stereocenters. The van der Waals surface area contributed by atoms with Gasteiger partial charge in [0.2, 0.25) is 10.0 Å². The Kier molecular flexibility index (Phi) is 4.88. The number of hydrogen-bond donors (Lipinski definition) is 1. The summed E-state index contributed by atoms with van der Waals surface area (Å²) in [7, 11) is -1.70. The third kappa shape index (κ3) is 3.61. The third-order valence-corrected chi connectivity index (χ3v) is 5.69. The van der Waals surface area contributed by atoms with Crippen LogP contribution in [-0.2, 0) is 14.8 Å². The number of hydrogen-bond acceptors (Lipinski definition) is 4. The summed E-state index contributed by atoms with van der Waals surface area (Å²) in [6, 6.07) is 0. The zero-order valence-corrected chi connectivity index (χ0v) is 11.9. The molecule has 0 aromatic rings. The van der Waals surface area contributed by atoms with E-state index in [-0.39, 0.29) is 17.8 Å². The Morgan fingerprint density at radius 1 is 1.47 bits per heavy atom. The zero-order valence-electron chi connectivity index (χ0n) is 10.3. The normalized spacial score (nSPS) is 21.3. The molecule has 0 aliphatic carbocycles. The Hall–Kier alpha value is -0.240. The van der Waals surface area contributed by atoms with Gasteiger partial charge in [0.1, 0.15) is 0 Å². The number of ether oxygens (including phenoxy) is 1. The van der Waals surface area contributed by atoms with Crippen molar-refractivity contribution >= 4 is 27.2 Å². The van der Waals surface area contributed by atoms with Crippen LogP contribution in [0.3, 0.4) is 0 Å². The largest absolute Gasteiger partial charge is 0.393 e. The first kappa shape index (κ1) is 14.8. The Balaban J connectivity index is 2.60. The first-order valence-electron chi connectivity index (χ1n) is 5.58. The number of methoxy groups -OCH3 is 1. The fraction of sp³-hybridized carbons (Fsp3) is 0.900. The number of thiocarbonyl (C=S) groups is 1. The van der Waals surface area contributed by atoms with Crippen LogP contribution in [0.1, 0.15) is 19.8 Å². The highest BCUT2D eigenvalue weighted by molar-refractivity contribution is 7.89. The van der Waals surface area contributed by atoms with Crippen LogP contribution in [-0.4, -0.2) is 50.3 Å². The zero-order chi connectivity index (χ0) is 13.1. The smallest absolute Gasteiger partial charge is 0.216 e. The van der Waals surface area contributed by atoms with Crippen molar-refractivity contribution in [3.05, 3.63) is 0 Å². The molecular weight excluding hydrogens is 260 g/mol. The van der Waals surface area contributed by atoms with Crippen LogP contribution < -0.4 is 5.73 Å². The van der Waals surface area contributed by atoms with E-state index in [0.717, 1.165) is 0 Å². The molecule has 1 aliphatic heterocycles. The van der Waals surface area contributed by atoms with Crippen molar-refractivity contribution in [2.24, 2.45) is 11.1 Å². The summed E-state index contributed by atoms with van der Waals surface area (Å²) in [4.78, 5) is 0.478. The molecule has 1 aliphatic rings. The minimum Gasteiger partial charge on any atom is -0.393 e. The van der Waals surface area contributed by atoms with Crippen molar-refractivity contribution in [2.75, 3.05) is 32.6 Å². The van der Waals surface area contributed by atoms with Crippen molar-refractivity contribution in [2.45, 2.75) is 19.8 Å². The van der Waals surface area contributed by atoms with Gasteiger partial charge < -0.3 is 10.5 Å². The van der Waals surface area contributed by atoms with Crippen LogP contribution in [0.5, 0.6) is 0 Å². The summed E-state index contributed by atoms with van der Waals surface area (Å²) in [5.41, 5.74) is 5.47. The van der Waals surface area contributed by atoms with E-state index in [1.165, 1.54) is 11.4 Å². The lowest BCUT2D eigenvalue weighted by molar-refractivity contribution is 0.210. The van der Waals surface area contributed by atoms with E-state index in [1.54, 1.807) is 0 Å². The molecule has 0 aromatic carbocycles. The van der Waals surface area contributed by atoms with Gasteiger partial charge in [0, 0.05) is 25.6 Å². The third-order valence-electron chi connectivity index (χ3n) is 3.36. The van der Waals surface area contributed by atoms with Gasteiger partial charge in [0.15, 0.2) is 0 Å². The monoisotopic (exact) mass is 280 g/mol. The predicted molar refractivity (Wildman–Crippen MR) is 71.4 cm³/mol. The average Bonchev–Trinajstić information content (AvgIpc) is 2.27. The lowest BCUT2D eigenvalue weighted by atomic mass is 9.81. The van der Waals surface area contributed by atoms with Gasteiger partial charge in [-0.15, -0.1) is 0 Å². The molecule has 0 spiro atoms. The minimum atomic E-state index is -3.20. The number of rotatable bonds is 5. The van der Waals surface area contributed by atoms with Crippen LogP contribution >= 0.6 is 12.2 Å². The molecule has 0 saturated carbocycles. The Labute approximate surface area is 108 Å². The molecular formula is C10H20N2O3S2. The second-order valence-electron chi connectivity index (χ2n) is 4.63. The highest BCUT2D eigenvalue weighted by atomic mass is 32.2. The van der Waals surface area contributed by atoms with Crippen molar-refractivity contribution < 1.29 is 13.2 Å². The maximum Gasteiger partial charge on any atom is 0.216 e. The molecule has 1 fully saturated rings. The lowest BCUT2D eigenvalue weighted by Crippen LogP contribution is -2.47. The van der Waals surface area contributed by atoms with Crippen molar-refractivity contribution in [1.29, 1.82) is 0 Å². The summed E-state index contributed by atoms with van der Waals surface area (Å²) in [5.74, 6) is 0.0350. The van der Waals surface area contributed by atoms with Gasteiger partial charge >= 0.3 is 0 Å². The first-order chi connectivity index (χ1) is 7.82. The molecule has 1 saturated heterocycles. The van der Waals surface area contributed by atoms with Gasteiger partial charge in [-0.05, 0) is 12.8 Å². The van der Waals surface area contributed by atoms with Gasteiger partial charge in [0.05, 0.1) is 17.3 Å². The number of piperidine rings is 1. The number of sulfonamides is 1. The van der Waals surface area contributed by atoms with E-state index < -0.39 is 10.0 Å². The summed E-state index contributed by atoms with van der Waals surface area (Å²) >= 11 is 5.02. The van der Waals surface area contributed by atoms with Crippen molar-refractivity contribution in [3.8, 4) is 0 Å². The van der Waals surface area contributed by atoms with E-state index in [2.05, 4.69) is 0 Å². The van der Waals surface area contributed by atoms with Gasteiger partial charge in [-0.25, -0.2) is 12.7 Å². The van der Waals surface area contributed by atoms with Crippen LogP contribution in [0, 0.1) is 5.41 Å². The molecule has 1 heterocycles. The highest BCUT2D eigenvalue weighted by Crippen LogP contribution is 2.32. The predicted octanol–water partition coefficient (Wildman–Crippen LogP) is 0.351. The molecule has 7 heteroatoms. The topological polar surface area (TPSA) is 72.6 Å². The van der Waals surface area contributed by atoms with Gasteiger partial charge in [0.25, 0.3) is 0 Å². The van der Waals surface area contributed by atoms with Gasteiger partial charge in [-0.2, -0.15) is 0 Å². The van der Waals surface area contributed by atoms with Crippen LogP contribution in [0.4, 0.5) is 0 Å². The Morgan fingerprint density at radius 3 is 2.41 bits per heavy atom. The summed E-state index contributed by atoms with van der Waals surface area (Å²) < 4.78 is 30.1. The van der Waals surface area contributed by atoms with Crippen LogP contribution in [0.15, 0.2) is 0 Å². The second-order valence-corrected chi connectivity index (χ2v) is 7.16. The Morgan fingerprint density at radius 2 is 2.00 bits per heavy atom. The van der Waals surface area contributed by atoms with Crippen molar-refractivity contribution in [3.63, 3.8) is 0 Å². The molecule has 0 unspecified atom stereocenters. The Bertz CT molecular complexity index is 373. The highest BCUT2D eigenvalue weighted by Gasteiger charge is 2.36. The van der Waals surface area contributed by atoms with E-state index in [1.807, 2.05) is 6.92 Å². The molecule has 2 N–H and O–H groups in total. The lowest BCUT2D eigenvalue weighted by Gasteiger charge is -2.37. The minimum absolute atomic E-state index is 0.0350. The van der Waals surface area contributed by atoms with E-state index in [9.17, 15) is 8.42 Å². The molecule has 0 amide bonds. The summed E-state index contributed by atoms with van der Waals surface area (Å²) in [5, 5.41) is 0. The molecule has 0 aromatic heterocycles. The van der Waals surface area contributed by atoms with E-state index in [0.29, 0.717) is 30.9 Å². The second kappa shape index (κ2) is 5.60. The number of nitrogens with zero attached hydrogens (tertiary/aromatic N) is 1. The quantitative estimate of drug-likeness (QED) is 0.736. The molecule has 5 nitrogen and oxygen atoms in total. The SMILES string of the molecule is COCCS(=O)(=O)N1CCC(C)(C(N)=S)CC1. The van der Waals surface area contributed by atoms with E-state index >= 15 is 0 Å². The van der Waals surface area contributed by atoms with Crippen LogP contribution in [0.25, 0.3) is 0 Å².